The van der Waals surface area contributed by atoms with E-state index in [0.29, 0.717) is 61.4 Å². The first kappa shape index (κ1) is 103. The van der Waals surface area contributed by atoms with Crippen LogP contribution in [0.5, 0.6) is 40.2 Å². The molecule has 2 saturated carbocycles. The van der Waals surface area contributed by atoms with E-state index < -0.39 is 6.10 Å². The number of nitrogens with one attached hydrogen (secondary N) is 1. The van der Waals surface area contributed by atoms with Crippen LogP contribution < -0.4 is 58.1 Å². The van der Waals surface area contributed by atoms with Gasteiger partial charge in [-0.05, 0) is 200 Å². The van der Waals surface area contributed by atoms with Crippen LogP contribution in [0.3, 0.4) is 0 Å². The SMILES string of the molecule is COc1cc(C(=O)N2CCCC2)cc(N(CCCO)c2ccc3ncc(-c4cnn(C)c4)nc3c2)c1.COc1cc(OC)cc(N(CC2CC2)c2ccc3ncc(-c4cnn(CC(=O)N5CCC(O)C5)c4)nc3c2)c1.COc1cc(OC)cc(N(CCCN2CCCC2)c2ccc3ncc(-c4cnn(C5CCCCO5)c4)nc3c2)c1.COc1cc(OC)cc(N(CCNC2CCCC2)c2ccc3ncc(-c4cnn(C)c4)nc3c2)c1. The molecule has 16 aromatic rings. The molecule has 780 valence electrons. The van der Waals surface area contributed by atoms with Crippen LogP contribution in [0.1, 0.15) is 119 Å². The summed E-state index contributed by atoms with van der Waals surface area (Å²) in [7, 11) is 15.4. The third-order valence-electron chi connectivity index (χ3n) is 28.3. The summed E-state index contributed by atoms with van der Waals surface area (Å²) in [6.07, 6.45) is 39.2. The average molecular weight is 2030 g/mol. The van der Waals surface area contributed by atoms with Gasteiger partial charge in [-0.3, -0.25) is 43.6 Å². The molecule has 0 radical (unpaired) electrons. The second-order valence-corrected chi connectivity index (χ2v) is 38.8. The molecule has 2 atom stereocenters. The quantitative estimate of drug-likeness (QED) is 0.0328. The summed E-state index contributed by atoms with van der Waals surface area (Å²) in [5.41, 5.74) is 21.6. The van der Waals surface area contributed by atoms with Crippen LogP contribution in [-0.4, -0.2) is 269 Å². The highest BCUT2D eigenvalue weighted by Gasteiger charge is 2.31. The van der Waals surface area contributed by atoms with Crippen LogP contribution >= 0.6 is 0 Å². The third kappa shape index (κ3) is 25.5. The highest BCUT2D eigenvalue weighted by Crippen LogP contribution is 2.43. The van der Waals surface area contributed by atoms with Crippen LogP contribution in [0.2, 0.25) is 0 Å². The van der Waals surface area contributed by atoms with Crippen molar-refractivity contribution in [1.82, 2.24) is 99.0 Å². The van der Waals surface area contributed by atoms with Gasteiger partial charge < -0.3 is 87.7 Å². The van der Waals surface area contributed by atoms with Gasteiger partial charge in [-0.1, -0.05) is 12.8 Å². The number of hydrogen-bond acceptors (Lipinski definition) is 30. The molecule has 12 heterocycles. The van der Waals surface area contributed by atoms with Gasteiger partial charge in [0.2, 0.25) is 5.91 Å². The lowest BCUT2D eigenvalue weighted by Gasteiger charge is -2.27. The van der Waals surface area contributed by atoms with E-state index >= 15 is 0 Å². The fraction of sp³-hybridized carbons (Fsp3) is 0.386. The zero-order chi connectivity index (χ0) is 104. The number of aromatic nitrogens is 16. The molecule has 6 fully saturated rings. The van der Waals surface area contributed by atoms with E-state index in [4.69, 9.17) is 62.8 Å². The molecule has 4 aliphatic heterocycles. The minimum Gasteiger partial charge on any atom is -0.497 e. The summed E-state index contributed by atoms with van der Waals surface area (Å²) in [4.78, 5) is 79.1. The van der Waals surface area contributed by atoms with Crippen molar-refractivity contribution in [3.05, 3.63) is 226 Å². The average Bonchev–Trinajstić information content (AvgIpc) is 1.47. The first-order valence-electron chi connectivity index (χ1n) is 51.9. The summed E-state index contributed by atoms with van der Waals surface area (Å²) < 4.78 is 51.8. The number of aryl methyl sites for hydroxylation is 2. The highest BCUT2D eigenvalue weighted by atomic mass is 16.5. The Bertz CT molecular complexity index is 7250. The molecule has 36 heteroatoms. The molecule has 0 spiro atoms. The van der Waals surface area contributed by atoms with Crippen molar-refractivity contribution in [3.63, 3.8) is 0 Å². The standard InChI is InChI=1S/C31H38N6O3.C29H32N6O4.C27H30N6O3.C27H32N6O2/c1-38-26-16-25(17-27(19-26)39-2)36(14-7-13-35-11-4-5-12-35)24-9-10-28-29(18-24)34-30(21-32-28)23-20-33-37(22-23)31-8-3-6-15-40-31;1-38-24-9-22(10-25(12-24)39-2)35(15-19-3-4-19)21-5-6-26-27(11-21)32-28(14-30-26)20-13-31-34(16-20)18-29(37)33-8-7-23(36)17-33;1-31-18-20(16-29-31)26-17-28-24-7-6-21(15-25(24)30-26)33(10-5-11-34)22-12-19(13-23(14-22)36-2)27(35)32-8-3-4-9-32;1-32-18-19(16-30-32)27-17-29-25-9-8-21(14-26(25)31-27)33(11-10-28-20-6-4-5-7-20)22-12-23(34-2)15-24(13-22)35-3/h9-10,16-22,31H,3-8,11-15H2,1-2H3;5-6,9-14,16,19,23,36H,3-4,7-8,15,17-18H2,1-2H3;6-7,12-18,34H,3-5,8-11H2,1-2H3;8-9,12-18,20,28H,4-7,10-11H2,1-3H3. The maximum Gasteiger partial charge on any atom is 0.254 e. The zero-order valence-electron chi connectivity index (χ0n) is 86.8. The van der Waals surface area contributed by atoms with Gasteiger partial charge in [-0.15, -0.1) is 0 Å². The molecule has 4 saturated heterocycles. The molecule has 3 N–H and O–H groups in total. The van der Waals surface area contributed by atoms with Gasteiger partial charge in [0, 0.05) is 251 Å². The number of likely N-dealkylation sites (tertiary alicyclic amines) is 3. The van der Waals surface area contributed by atoms with Crippen molar-refractivity contribution in [2.24, 2.45) is 20.0 Å². The number of aliphatic hydroxyl groups is 2. The lowest BCUT2D eigenvalue weighted by atomic mass is 10.1. The fourth-order valence-electron chi connectivity index (χ4n) is 20.0. The van der Waals surface area contributed by atoms with E-state index in [-0.39, 0.29) is 31.2 Å². The van der Waals surface area contributed by atoms with E-state index in [1.165, 1.54) is 64.5 Å². The van der Waals surface area contributed by atoms with Crippen molar-refractivity contribution in [2.45, 2.75) is 128 Å². The Morgan fingerprint density at radius 2 is 0.820 bits per heavy atom. The number of hydrogen-bond donors (Lipinski definition) is 3. The van der Waals surface area contributed by atoms with Crippen molar-refractivity contribution in [2.75, 3.05) is 161 Å². The fourth-order valence-corrected chi connectivity index (χ4v) is 20.0. The molecule has 2 unspecified atom stereocenters. The van der Waals surface area contributed by atoms with E-state index in [0.717, 1.165) is 254 Å². The maximum absolute atomic E-state index is 13.2. The zero-order valence-corrected chi connectivity index (χ0v) is 86.8. The Kier molecular flexibility index (Phi) is 33.4. The predicted octanol–water partition coefficient (Wildman–Crippen LogP) is 18.0. The lowest BCUT2D eigenvalue weighted by Crippen LogP contribution is -2.34. The number of amides is 2. The number of carbonyl (C=O) groups is 2. The van der Waals surface area contributed by atoms with E-state index in [1.807, 2.05) is 158 Å². The molecular formula is C114H132N24O12. The van der Waals surface area contributed by atoms with Gasteiger partial charge in [-0.25, -0.2) is 24.6 Å². The Morgan fingerprint density at radius 1 is 0.400 bits per heavy atom. The second kappa shape index (κ2) is 48.6. The summed E-state index contributed by atoms with van der Waals surface area (Å²) in [6.45, 7) is 11.0. The van der Waals surface area contributed by atoms with E-state index in [9.17, 15) is 19.8 Å². The minimum atomic E-state index is -0.439. The first-order chi connectivity index (χ1) is 73.4. The number of rotatable bonds is 36. The van der Waals surface area contributed by atoms with Gasteiger partial charge in [0.1, 0.15) is 53.0 Å². The normalized spacial score (nSPS) is 15.6. The number of fused-ring (bicyclic) bond motifs is 4. The molecule has 2 amide bonds. The summed E-state index contributed by atoms with van der Waals surface area (Å²) >= 11 is 0. The second-order valence-electron chi connectivity index (χ2n) is 38.8. The number of carbonyl (C=O) groups excluding carboxylic acids is 2. The van der Waals surface area contributed by atoms with Gasteiger partial charge in [0.05, 0.1) is 172 Å². The van der Waals surface area contributed by atoms with Crippen molar-refractivity contribution in [3.8, 4) is 85.3 Å². The van der Waals surface area contributed by atoms with Crippen molar-refractivity contribution < 1.29 is 57.7 Å². The van der Waals surface area contributed by atoms with Crippen molar-refractivity contribution >= 4 is 101 Å². The Balaban J connectivity index is 0.000000126. The summed E-state index contributed by atoms with van der Waals surface area (Å²) in [5, 5.41) is 40.5. The minimum absolute atomic E-state index is 0.00325. The number of ether oxygens (including phenoxy) is 8. The molecule has 0 bridgehead atoms. The molecule has 36 nitrogen and oxygen atoms in total. The van der Waals surface area contributed by atoms with Crippen LogP contribution in [0.15, 0.2) is 220 Å². The van der Waals surface area contributed by atoms with E-state index in [1.54, 1.807) is 106 Å². The van der Waals surface area contributed by atoms with Crippen LogP contribution in [0, 0.1) is 5.92 Å². The van der Waals surface area contributed by atoms with Crippen LogP contribution in [-0.2, 0) is 30.2 Å². The topological polar surface area (TPSA) is 358 Å². The number of nitrogens with zero attached hydrogens (tertiary/aromatic N) is 23. The van der Waals surface area contributed by atoms with Gasteiger partial charge in [-0.2, -0.15) is 20.4 Å². The van der Waals surface area contributed by atoms with Crippen molar-refractivity contribution in [1.29, 1.82) is 0 Å². The monoisotopic (exact) mass is 2030 g/mol. The summed E-state index contributed by atoms with van der Waals surface area (Å²) in [5.74, 6) is 5.74. The van der Waals surface area contributed by atoms with Gasteiger partial charge >= 0.3 is 0 Å². The lowest BCUT2D eigenvalue weighted by molar-refractivity contribution is -0.131. The number of methoxy groups -OCH3 is 7. The van der Waals surface area contributed by atoms with E-state index in [2.05, 4.69) is 114 Å². The molecule has 2 aliphatic carbocycles. The Hall–Kier alpha value is -15.5. The number of benzene rings is 8. The van der Waals surface area contributed by atoms with Crippen LogP contribution in [0.25, 0.3) is 89.2 Å². The number of anilines is 8. The third-order valence-corrected chi connectivity index (χ3v) is 28.3. The molecule has 6 aliphatic rings. The molecule has 150 heavy (non-hydrogen) atoms. The van der Waals surface area contributed by atoms with Gasteiger partial charge in [0.25, 0.3) is 5.91 Å². The highest BCUT2D eigenvalue weighted by molar-refractivity contribution is 5.97. The molecule has 8 aromatic carbocycles. The first-order valence-corrected chi connectivity index (χ1v) is 51.9. The summed E-state index contributed by atoms with van der Waals surface area (Å²) in [6, 6.07) is 48.7. The molecule has 8 aromatic heterocycles. The van der Waals surface area contributed by atoms with Crippen LogP contribution in [0.4, 0.5) is 45.5 Å². The Morgan fingerprint density at radius 3 is 1.26 bits per heavy atom. The largest absolute Gasteiger partial charge is 0.497 e. The van der Waals surface area contributed by atoms with Gasteiger partial charge in [0.15, 0.2) is 0 Å². The smallest absolute Gasteiger partial charge is 0.254 e. The molecular weight excluding hydrogens is 1900 g/mol. The predicted molar refractivity (Wildman–Crippen MR) is 581 cm³/mol. The Labute approximate surface area is 872 Å². The number of β-amino-alcohol motifs (C(OH)–C–C–N with tert-alkyl or cyclic N) is 1. The molecule has 22 rings (SSSR count). The maximum atomic E-state index is 13.2. The number of aliphatic hydroxyl groups excluding tert-OH is 2.